The minimum absolute atomic E-state index is 0.00234. The molecule has 2 aromatic heterocycles. The fourth-order valence-electron chi connectivity index (χ4n) is 8.28. The van der Waals surface area contributed by atoms with E-state index in [4.69, 9.17) is 19.0 Å². The maximum absolute atomic E-state index is 9.84. The zero-order chi connectivity index (χ0) is 36.3. The predicted octanol–water partition coefficient (Wildman–Crippen LogP) is 7.00. The van der Waals surface area contributed by atoms with Crippen molar-refractivity contribution in [3.63, 3.8) is 0 Å². The van der Waals surface area contributed by atoms with Gasteiger partial charge in [-0.25, -0.2) is 0 Å². The average Bonchev–Trinajstić information content (AvgIpc) is 3.16. The van der Waals surface area contributed by atoms with E-state index >= 15 is 0 Å². The lowest BCUT2D eigenvalue weighted by molar-refractivity contribution is -0.223. The smallest absolute Gasteiger partial charge is 0.230 e. The van der Waals surface area contributed by atoms with Crippen LogP contribution in [0.5, 0.6) is 11.5 Å². The van der Waals surface area contributed by atoms with Gasteiger partial charge in [0.2, 0.25) is 5.79 Å². The summed E-state index contributed by atoms with van der Waals surface area (Å²) in [6, 6.07) is 12.1. The van der Waals surface area contributed by atoms with Crippen molar-refractivity contribution in [2.24, 2.45) is 22.9 Å². The second-order valence-corrected chi connectivity index (χ2v) is 15.1. The molecule has 2 aliphatic carbocycles. The highest BCUT2D eigenvalue weighted by Crippen LogP contribution is 2.62. The Bertz CT molecular complexity index is 1690. The summed E-state index contributed by atoms with van der Waals surface area (Å²) >= 11 is 1.81. The van der Waals surface area contributed by atoms with Crippen molar-refractivity contribution in [1.29, 1.82) is 0 Å². The van der Waals surface area contributed by atoms with E-state index < -0.39 is 5.79 Å². The van der Waals surface area contributed by atoms with Crippen LogP contribution in [0.15, 0.2) is 84.4 Å². The first-order chi connectivity index (χ1) is 25.5. The summed E-state index contributed by atoms with van der Waals surface area (Å²) in [7, 11) is 1.61. The number of ether oxygens (including phenoxy) is 3. The number of hydrogen-bond donors (Lipinski definition) is 2. The highest BCUT2D eigenvalue weighted by atomic mass is 32.2. The zero-order valence-electron chi connectivity index (χ0n) is 30.4. The van der Waals surface area contributed by atoms with Crippen molar-refractivity contribution in [3.8, 4) is 11.5 Å². The molecule has 10 nitrogen and oxygen atoms in total. The van der Waals surface area contributed by atoms with Gasteiger partial charge >= 0.3 is 0 Å². The van der Waals surface area contributed by atoms with Crippen LogP contribution in [-0.4, -0.2) is 74.6 Å². The topological polar surface area (TPSA) is 128 Å². The normalized spacial score (nSPS) is 25.4. The molecule has 278 valence electrons. The van der Waals surface area contributed by atoms with Crippen LogP contribution < -0.4 is 9.47 Å². The summed E-state index contributed by atoms with van der Waals surface area (Å²) in [5, 5.41) is 24.1. The van der Waals surface area contributed by atoms with Gasteiger partial charge in [0.1, 0.15) is 25.2 Å². The van der Waals surface area contributed by atoms with Crippen LogP contribution in [0.25, 0.3) is 0 Å². The third kappa shape index (κ3) is 8.54. The molecule has 3 aliphatic rings. The molecule has 6 atom stereocenters. The Morgan fingerprint density at radius 2 is 1.92 bits per heavy atom. The highest BCUT2D eigenvalue weighted by molar-refractivity contribution is 8.00. The van der Waals surface area contributed by atoms with E-state index in [-0.39, 0.29) is 42.1 Å². The van der Waals surface area contributed by atoms with Gasteiger partial charge in [0, 0.05) is 61.8 Å². The lowest BCUT2D eigenvalue weighted by atomic mass is 9.56. The van der Waals surface area contributed by atoms with Crippen LogP contribution in [0.2, 0.25) is 0 Å². The number of pyridine rings is 1. The quantitative estimate of drug-likeness (QED) is 0.0757. The Labute approximate surface area is 311 Å². The van der Waals surface area contributed by atoms with Gasteiger partial charge in [-0.05, 0) is 86.1 Å². The van der Waals surface area contributed by atoms with Gasteiger partial charge in [-0.3, -0.25) is 15.0 Å². The number of unbranched alkanes of at least 4 members (excludes halogenated alkanes) is 2. The summed E-state index contributed by atoms with van der Waals surface area (Å²) < 4.78 is 20.6. The van der Waals surface area contributed by atoms with Crippen LogP contribution in [0.3, 0.4) is 0 Å². The summed E-state index contributed by atoms with van der Waals surface area (Å²) in [6.07, 6.45) is 15.9. The summed E-state index contributed by atoms with van der Waals surface area (Å²) in [5.74, 6) is 1.55. The number of fused-ring (bicyclic) bond motifs is 2. The molecule has 2 N–H and O–H groups in total. The molecule has 3 aromatic rings. The molecule has 0 bridgehead atoms. The number of aliphatic hydroxyl groups excluding tert-OH is 2. The molecule has 1 aromatic carbocycles. The van der Waals surface area contributed by atoms with E-state index in [1.54, 1.807) is 25.6 Å². The van der Waals surface area contributed by atoms with Crippen molar-refractivity contribution in [2.45, 2.75) is 81.9 Å². The van der Waals surface area contributed by atoms with E-state index in [1.807, 2.05) is 55.2 Å². The number of allylic oxidation sites excluding steroid dienone is 1. The molecule has 11 heteroatoms. The standard InChI is InChI=1S/C41H52N4O6S/c1-4-21-50-41-38(52-22-16-30-26-42-17-18-43-30)25-36(45-48-3)34-23-29(11-5-7-19-46)33(13-6-8-20-47)39(40(34)41)35-24-32(14-15-37(35)51-41)49-27-31-12-9-10-28(2)44-31/h4,9-10,12,14-15,17-18,23-24,26,29,33,38-40,46-47H,1,5-8,11,13,16,19-22,25,27H2,2-3H3/t29-,33+,38-,39+,40+,41+/m0/s1. The Morgan fingerprint density at radius 3 is 2.67 bits per heavy atom. The zero-order valence-corrected chi connectivity index (χ0v) is 31.2. The Hall–Kier alpha value is -3.77. The van der Waals surface area contributed by atoms with Crippen LogP contribution in [0.1, 0.15) is 73.5 Å². The molecule has 0 unspecified atom stereocenters. The number of aliphatic hydroxyl groups is 2. The number of oxime groups is 1. The molecule has 0 amide bonds. The van der Waals surface area contributed by atoms with Gasteiger partial charge < -0.3 is 29.3 Å². The molecule has 1 saturated carbocycles. The summed E-state index contributed by atoms with van der Waals surface area (Å²) in [5.41, 5.74) is 5.87. The summed E-state index contributed by atoms with van der Waals surface area (Å²) in [4.78, 5) is 18.9. The number of thioether (sulfide) groups is 1. The molecule has 1 fully saturated rings. The van der Waals surface area contributed by atoms with Gasteiger partial charge in [0.05, 0.1) is 34.9 Å². The first-order valence-corrected chi connectivity index (χ1v) is 19.6. The minimum Gasteiger partial charge on any atom is -0.487 e. The Balaban J connectivity index is 1.46. The van der Waals surface area contributed by atoms with Crippen molar-refractivity contribution in [3.05, 3.63) is 102 Å². The SMILES string of the molecule is C=CCO[C@@]12Oc3ccc(OCc4cccc(C)n4)cc3[C@H]3[C@H](CCCCO)[C@@H](CCCCO)C=C(C(=NOC)C[C@@H]1SCCc1cnccn1)[C@H]32. The number of aryl methyl sites for hydroxylation is 2. The lowest BCUT2D eigenvalue weighted by Crippen LogP contribution is -2.64. The van der Waals surface area contributed by atoms with E-state index in [0.29, 0.717) is 19.6 Å². The molecular formula is C41H52N4O6S. The molecule has 0 spiro atoms. The number of benzene rings is 1. The van der Waals surface area contributed by atoms with Crippen molar-refractivity contribution in [1.82, 2.24) is 15.0 Å². The monoisotopic (exact) mass is 728 g/mol. The third-order valence-electron chi connectivity index (χ3n) is 10.4. The first-order valence-electron chi connectivity index (χ1n) is 18.5. The predicted molar refractivity (Wildman–Crippen MR) is 203 cm³/mol. The van der Waals surface area contributed by atoms with Crippen LogP contribution >= 0.6 is 11.8 Å². The highest BCUT2D eigenvalue weighted by Gasteiger charge is 2.63. The number of hydrogen-bond acceptors (Lipinski definition) is 11. The molecule has 1 aliphatic heterocycles. The van der Waals surface area contributed by atoms with Crippen LogP contribution in [0, 0.1) is 24.7 Å². The van der Waals surface area contributed by atoms with Crippen molar-refractivity contribution in [2.75, 3.05) is 32.7 Å². The number of aromatic nitrogens is 3. The first kappa shape index (κ1) is 38.0. The third-order valence-corrected chi connectivity index (χ3v) is 11.8. The van der Waals surface area contributed by atoms with E-state index in [9.17, 15) is 10.2 Å². The van der Waals surface area contributed by atoms with Crippen molar-refractivity contribution < 1.29 is 29.3 Å². The van der Waals surface area contributed by atoms with E-state index in [2.05, 4.69) is 38.8 Å². The van der Waals surface area contributed by atoms with Gasteiger partial charge in [0.25, 0.3) is 0 Å². The van der Waals surface area contributed by atoms with Crippen LogP contribution in [-0.2, 0) is 22.6 Å². The largest absolute Gasteiger partial charge is 0.487 e. The van der Waals surface area contributed by atoms with Gasteiger partial charge in [-0.2, -0.15) is 11.8 Å². The molecule has 52 heavy (non-hydrogen) atoms. The van der Waals surface area contributed by atoms with Gasteiger partial charge in [-0.15, -0.1) is 6.58 Å². The minimum atomic E-state index is -1.02. The second kappa shape index (κ2) is 18.3. The lowest BCUT2D eigenvalue weighted by Gasteiger charge is -2.58. The molecular weight excluding hydrogens is 677 g/mol. The fraction of sp³-hybridized carbons (Fsp3) is 0.512. The van der Waals surface area contributed by atoms with Crippen LogP contribution in [0.4, 0.5) is 0 Å². The molecule has 0 radical (unpaired) electrons. The molecule has 0 saturated heterocycles. The maximum atomic E-state index is 9.84. The Kier molecular flexibility index (Phi) is 13.4. The second-order valence-electron chi connectivity index (χ2n) is 13.8. The molecule has 6 rings (SSSR count). The van der Waals surface area contributed by atoms with Gasteiger partial charge in [-0.1, -0.05) is 36.2 Å². The van der Waals surface area contributed by atoms with Crippen molar-refractivity contribution >= 4 is 17.5 Å². The fourth-order valence-corrected chi connectivity index (χ4v) is 9.66. The number of nitrogens with zero attached hydrogens (tertiary/aromatic N) is 4. The van der Waals surface area contributed by atoms with E-state index in [1.165, 1.54) is 0 Å². The summed E-state index contributed by atoms with van der Waals surface area (Å²) in [6.45, 7) is 7.00. The Morgan fingerprint density at radius 1 is 1.08 bits per heavy atom. The maximum Gasteiger partial charge on any atom is 0.230 e. The van der Waals surface area contributed by atoms with Gasteiger partial charge in [0.15, 0.2) is 0 Å². The average molecular weight is 729 g/mol. The van der Waals surface area contributed by atoms with E-state index in [0.717, 1.165) is 96.1 Å². The number of rotatable bonds is 19. The molecule has 3 heterocycles.